The average molecular weight is 302 g/mol. The lowest BCUT2D eigenvalue weighted by molar-refractivity contribution is -0.132. The first-order valence-corrected chi connectivity index (χ1v) is 7.76. The van der Waals surface area contributed by atoms with Crippen molar-refractivity contribution in [2.75, 3.05) is 6.54 Å². The van der Waals surface area contributed by atoms with Gasteiger partial charge in [-0.2, -0.15) is 10.1 Å². The van der Waals surface area contributed by atoms with E-state index in [9.17, 15) is 4.79 Å². The van der Waals surface area contributed by atoms with Crippen LogP contribution in [0, 0.1) is 0 Å². The van der Waals surface area contributed by atoms with E-state index in [-0.39, 0.29) is 11.9 Å². The zero-order valence-electron chi connectivity index (χ0n) is 12.3. The number of carbonyl (C=O) groups excluding carboxylic acids is 1. The molecule has 116 valence electrons. The maximum atomic E-state index is 12.5. The lowest BCUT2D eigenvalue weighted by Crippen LogP contribution is -2.31. The van der Waals surface area contributed by atoms with Gasteiger partial charge in [0.25, 0.3) is 0 Å². The third-order valence-electron chi connectivity index (χ3n) is 4.28. The Labute approximate surface area is 127 Å². The maximum absolute atomic E-state index is 12.5. The molecule has 0 N–H and O–H groups in total. The monoisotopic (exact) mass is 302 g/mol. The molecule has 0 aromatic carbocycles. The van der Waals surface area contributed by atoms with Gasteiger partial charge in [-0.3, -0.25) is 9.48 Å². The number of likely N-dealkylation sites (tertiary alicyclic amines) is 1. The van der Waals surface area contributed by atoms with Crippen LogP contribution in [0.5, 0.6) is 0 Å². The van der Waals surface area contributed by atoms with Crippen LogP contribution in [0.1, 0.15) is 55.8 Å². The van der Waals surface area contributed by atoms with Crippen LogP contribution in [0.3, 0.4) is 0 Å². The number of rotatable bonds is 5. The van der Waals surface area contributed by atoms with E-state index in [0.29, 0.717) is 24.7 Å². The molecule has 0 bridgehead atoms. The molecule has 1 saturated carbocycles. The van der Waals surface area contributed by atoms with Gasteiger partial charge in [0.1, 0.15) is 12.7 Å². The number of hydrogen-bond acceptors (Lipinski definition) is 6. The van der Waals surface area contributed by atoms with Crippen LogP contribution >= 0.6 is 0 Å². The summed E-state index contributed by atoms with van der Waals surface area (Å²) >= 11 is 0. The van der Waals surface area contributed by atoms with Gasteiger partial charge < -0.3 is 9.42 Å². The highest BCUT2D eigenvalue weighted by molar-refractivity contribution is 5.76. The Morgan fingerprint density at radius 2 is 2.27 bits per heavy atom. The molecule has 2 fully saturated rings. The highest BCUT2D eigenvalue weighted by Gasteiger charge is 2.35. The van der Waals surface area contributed by atoms with E-state index in [2.05, 4.69) is 20.2 Å². The van der Waals surface area contributed by atoms with Crippen molar-refractivity contribution in [3.63, 3.8) is 0 Å². The van der Waals surface area contributed by atoms with Crippen molar-refractivity contribution in [3.8, 4) is 0 Å². The SMILES string of the molecule is O=C(CCn1cncn1)N1CCC[C@@H]1c1noc(C2CC2)n1. The van der Waals surface area contributed by atoms with E-state index < -0.39 is 0 Å². The number of aromatic nitrogens is 5. The first-order valence-electron chi connectivity index (χ1n) is 7.76. The summed E-state index contributed by atoms with van der Waals surface area (Å²) in [5.41, 5.74) is 0. The van der Waals surface area contributed by atoms with Gasteiger partial charge in [-0.25, -0.2) is 4.98 Å². The summed E-state index contributed by atoms with van der Waals surface area (Å²) in [5, 5.41) is 8.11. The van der Waals surface area contributed by atoms with Crippen molar-refractivity contribution < 1.29 is 9.32 Å². The predicted octanol–water partition coefficient (Wildman–Crippen LogP) is 1.29. The Balaban J connectivity index is 1.42. The first-order chi connectivity index (χ1) is 10.8. The van der Waals surface area contributed by atoms with E-state index in [4.69, 9.17) is 4.52 Å². The summed E-state index contributed by atoms with van der Waals surface area (Å²) in [6.07, 6.45) is 7.65. The predicted molar refractivity (Wildman–Crippen MR) is 74.6 cm³/mol. The van der Waals surface area contributed by atoms with Gasteiger partial charge in [-0.05, 0) is 25.7 Å². The number of nitrogens with zero attached hydrogens (tertiary/aromatic N) is 6. The third-order valence-corrected chi connectivity index (χ3v) is 4.28. The third kappa shape index (κ3) is 2.60. The molecular formula is C14H18N6O2. The van der Waals surface area contributed by atoms with Crippen molar-refractivity contribution in [3.05, 3.63) is 24.4 Å². The molecule has 1 aliphatic carbocycles. The van der Waals surface area contributed by atoms with Crippen molar-refractivity contribution in [2.45, 2.75) is 50.6 Å². The molecule has 22 heavy (non-hydrogen) atoms. The second-order valence-corrected chi connectivity index (χ2v) is 5.92. The molecule has 1 amide bonds. The number of aryl methyl sites for hydroxylation is 1. The van der Waals surface area contributed by atoms with E-state index >= 15 is 0 Å². The summed E-state index contributed by atoms with van der Waals surface area (Å²) in [5.74, 6) is 1.94. The molecule has 0 spiro atoms. The van der Waals surface area contributed by atoms with Gasteiger partial charge in [-0.1, -0.05) is 5.16 Å². The van der Waals surface area contributed by atoms with Crippen LogP contribution in [-0.2, 0) is 11.3 Å². The molecule has 1 atom stereocenters. The topological polar surface area (TPSA) is 89.9 Å². The molecule has 1 saturated heterocycles. The van der Waals surface area contributed by atoms with Gasteiger partial charge >= 0.3 is 0 Å². The normalized spacial score (nSPS) is 21.5. The zero-order chi connectivity index (χ0) is 14.9. The fourth-order valence-electron chi connectivity index (χ4n) is 2.91. The molecule has 8 heteroatoms. The number of amides is 1. The molecule has 1 aliphatic heterocycles. The molecule has 0 unspecified atom stereocenters. The van der Waals surface area contributed by atoms with E-state index in [1.165, 1.54) is 6.33 Å². The molecule has 2 aliphatic rings. The fourth-order valence-corrected chi connectivity index (χ4v) is 2.91. The molecule has 2 aromatic rings. The van der Waals surface area contributed by atoms with Crippen LogP contribution in [0.2, 0.25) is 0 Å². The number of hydrogen-bond donors (Lipinski definition) is 0. The highest BCUT2D eigenvalue weighted by Crippen LogP contribution is 2.40. The first kappa shape index (κ1) is 13.4. The Kier molecular flexibility index (Phi) is 3.36. The van der Waals surface area contributed by atoms with Gasteiger partial charge in [0.2, 0.25) is 11.8 Å². The highest BCUT2D eigenvalue weighted by atomic mass is 16.5. The molecule has 0 radical (unpaired) electrons. The molecule has 4 rings (SSSR count). The van der Waals surface area contributed by atoms with Crippen LogP contribution in [-0.4, -0.2) is 42.3 Å². The lowest BCUT2D eigenvalue weighted by Gasteiger charge is -2.22. The Hall–Kier alpha value is -2.25. The summed E-state index contributed by atoms with van der Waals surface area (Å²) in [7, 11) is 0. The fraction of sp³-hybridized carbons (Fsp3) is 0.643. The smallest absolute Gasteiger partial charge is 0.229 e. The lowest BCUT2D eigenvalue weighted by atomic mass is 10.2. The van der Waals surface area contributed by atoms with E-state index in [1.807, 2.05) is 4.90 Å². The summed E-state index contributed by atoms with van der Waals surface area (Å²) in [6, 6.07) is -0.0421. The van der Waals surface area contributed by atoms with E-state index in [0.717, 1.165) is 38.1 Å². The van der Waals surface area contributed by atoms with Crippen LogP contribution < -0.4 is 0 Å². The summed E-state index contributed by atoms with van der Waals surface area (Å²) < 4.78 is 7.00. The second-order valence-electron chi connectivity index (χ2n) is 5.92. The minimum Gasteiger partial charge on any atom is -0.339 e. The summed E-state index contributed by atoms with van der Waals surface area (Å²) in [4.78, 5) is 22.7. The Bertz CT molecular complexity index is 648. The molecule has 8 nitrogen and oxygen atoms in total. The standard InChI is InChI=1S/C14H18N6O2/c21-12(5-7-19-9-15-8-16-19)20-6-1-2-11(20)13-17-14(22-18-13)10-3-4-10/h8-11H,1-7H2/t11-/m1/s1. The largest absolute Gasteiger partial charge is 0.339 e. The quantitative estimate of drug-likeness (QED) is 0.826. The van der Waals surface area contributed by atoms with Crippen LogP contribution in [0.4, 0.5) is 0 Å². The van der Waals surface area contributed by atoms with Gasteiger partial charge in [0.05, 0.1) is 12.6 Å². The van der Waals surface area contributed by atoms with Crippen LogP contribution in [0.25, 0.3) is 0 Å². The van der Waals surface area contributed by atoms with E-state index in [1.54, 1.807) is 11.0 Å². The molecule has 2 aromatic heterocycles. The second kappa shape index (κ2) is 5.51. The molecule has 3 heterocycles. The van der Waals surface area contributed by atoms with Crippen molar-refractivity contribution in [2.24, 2.45) is 0 Å². The Morgan fingerprint density at radius 1 is 1.36 bits per heavy atom. The zero-order valence-corrected chi connectivity index (χ0v) is 12.3. The van der Waals surface area contributed by atoms with Crippen molar-refractivity contribution >= 4 is 5.91 Å². The van der Waals surface area contributed by atoms with Crippen LogP contribution in [0.15, 0.2) is 17.2 Å². The van der Waals surface area contributed by atoms with Crippen molar-refractivity contribution in [1.29, 1.82) is 0 Å². The summed E-state index contributed by atoms with van der Waals surface area (Å²) in [6.45, 7) is 1.30. The van der Waals surface area contributed by atoms with Gasteiger partial charge in [0, 0.05) is 18.9 Å². The average Bonchev–Trinajstić information content (AvgIpc) is 3.02. The van der Waals surface area contributed by atoms with Gasteiger partial charge in [-0.15, -0.1) is 0 Å². The minimum atomic E-state index is -0.0421. The number of carbonyl (C=O) groups is 1. The Morgan fingerprint density at radius 3 is 3.05 bits per heavy atom. The maximum Gasteiger partial charge on any atom is 0.229 e. The minimum absolute atomic E-state index is 0.0421. The van der Waals surface area contributed by atoms with Crippen molar-refractivity contribution in [1.82, 2.24) is 29.8 Å². The van der Waals surface area contributed by atoms with Gasteiger partial charge in [0.15, 0.2) is 5.82 Å². The molecular weight excluding hydrogens is 284 g/mol.